The van der Waals surface area contributed by atoms with E-state index < -0.39 is 0 Å². The number of imidazole rings is 1. The Morgan fingerprint density at radius 3 is 2.46 bits per heavy atom. The number of hydrogen-bond donors (Lipinski definition) is 1. The molecule has 1 unspecified atom stereocenters. The second-order valence-electron chi connectivity index (χ2n) is 8.20. The Morgan fingerprint density at radius 2 is 1.82 bits per heavy atom. The van der Waals surface area contributed by atoms with Crippen molar-refractivity contribution in [3.63, 3.8) is 0 Å². The van der Waals surface area contributed by atoms with Crippen molar-refractivity contribution < 1.29 is 4.79 Å². The molecule has 0 bridgehead atoms. The Labute approximate surface area is 171 Å². The third-order valence-electron chi connectivity index (χ3n) is 4.61. The lowest BCUT2D eigenvalue weighted by Gasteiger charge is -2.27. The van der Waals surface area contributed by atoms with Gasteiger partial charge in [0.2, 0.25) is 5.91 Å². The molecular formula is C23H29N3OS. The highest BCUT2D eigenvalue weighted by Crippen LogP contribution is 2.31. The molecule has 1 N–H and O–H groups in total. The van der Waals surface area contributed by atoms with Gasteiger partial charge in [0.25, 0.3) is 0 Å². The lowest BCUT2D eigenvalue weighted by Crippen LogP contribution is -2.44. The lowest BCUT2D eigenvalue weighted by molar-refractivity contribution is -0.125. The summed E-state index contributed by atoms with van der Waals surface area (Å²) in [4.78, 5) is 18.2. The second kappa shape index (κ2) is 8.39. The van der Waals surface area contributed by atoms with Crippen LogP contribution >= 0.6 is 11.8 Å². The third kappa shape index (κ3) is 4.58. The predicted octanol–water partition coefficient (Wildman–Crippen LogP) is 5.22. The van der Waals surface area contributed by atoms with Crippen molar-refractivity contribution in [2.75, 3.05) is 12.0 Å². The van der Waals surface area contributed by atoms with E-state index in [9.17, 15) is 4.79 Å². The largest absolute Gasteiger partial charge is 0.350 e. The average Bonchev–Trinajstić information content (AvgIpc) is 3.01. The van der Waals surface area contributed by atoms with Gasteiger partial charge >= 0.3 is 0 Å². The Morgan fingerprint density at radius 1 is 1.14 bits per heavy atom. The van der Waals surface area contributed by atoms with Crippen LogP contribution in [0.25, 0.3) is 22.4 Å². The number of rotatable bonds is 6. The van der Waals surface area contributed by atoms with Gasteiger partial charge in [0.1, 0.15) is 11.9 Å². The van der Waals surface area contributed by atoms with Crippen LogP contribution in [-0.2, 0) is 4.79 Å². The molecule has 0 aliphatic carbocycles. The van der Waals surface area contributed by atoms with Crippen molar-refractivity contribution in [1.82, 2.24) is 14.9 Å². The molecule has 3 aromatic rings. The van der Waals surface area contributed by atoms with Crippen LogP contribution in [0.5, 0.6) is 0 Å². The van der Waals surface area contributed by atoms with E-state index in [4.69, 9.17) is 4.98 Å². The summed E-state index contributed by atoms with van der Waals surface area (Å²) in [6.45, 7) is 8.13. The fraction of sp³-hybridized carbons (Fsp3) is 0.391. The van der Waals surface area contributed by atoms with Crippen molar-refractivity contribution >= 4 is 28.7 Å². The van der Waals surface area contributed by atoms with Gasteiger partial charge in [0.15, 0.2) is 0 Å². The number of nitrogens with one attached hydrogen (secondary N) is 1. The standard InChI is InChI=1S/C23H29N3OS/c1-16-10-12-17(13-11-16)21-24-18-8-6-7-9-19(18)26(21)20(14-15-28-5)22(27)25-23(2,3)4/h6-13,20H,14-15H2,1-5H3,(H,25,27). The number of aromatic nitrogens is 2. The molecule has 28 heavy (non-hydrogen) atoms. The summed E-state index contributed by atoms with van der Waals surface area (Å²) in [5.74, 6) is 1.79. The van der Waals surface area contributed by atoms with Gasteiger partial charge in [-0.15, -0.1) is 0 Å². The lowest BCUT2D eigenvalue weighted by atomic mass is 10.1. The third-order valence-corrected chi connectivity index (χ3v) is 5.26. The van der Waals surface area contributed by atoms with Gasteiger partial charge in [-0.3, -0.25) is 4.79 Å². The number of nitrogens with zero attached hydrogens (tertiary/aromatic N) is 2. The molecule has 0 saturated carbocycles. The van der Waals surface area contributed by atoms with Crippen LogP contribution in [-0.4, -0.2) is 33.0 Å². The Hall–Kier alpha value is -2.27. The Bertz CT molecular complexity index is 954. The molecule has 0 aliphatic rings. The van der Waals surface area contributed by atoms with Crippen LogP contribution in [0.2, 0.25) is 0 Å². The maximum Gasteiger partial charge on any atom is 0.243 e. The van der Waals surface area contributed by atoms with Crippen molar-refractivity contribution in [3.8, 4) is 11.4 Å². The number of aryl methyl sites for hydroxylation is 1. The van der Waals surface area contributed by atoms with Crippen LogP contribution < -0.4 is 5.32 Å². The molecule has 0 fully saturated rings. The summed E-state index contributed by atoms with van der Waals surface area (Å²) in [6, 6.07) is 16.1. The van der Waals surface area contributed by atoms with Crippen molar-refractivity contribution in [2.24, 2.45) is 0 Å². The fourth-order valence-electron chi connectivity index (χ4n) is 3.33. The molecule has 1 aromatic heterocycles. The first-order valence-electron chi connectivity index (χ1n) is 9.65. The summed E-state index contributed by atoms with van der Waals surface area (Å²) >= 11 is 1.76. The number of fused-ring (bicyclic) bond motifs is 1. The number of hydrogen-bond acceptors (Lipinski definition) is 3. The smallest absolute Gasteiger partial charge is 0.243 e. The first-order chi connectivity index (χ1) is 13.3. The van der Waals surface area contributed by atoms with E-state index in [1.165, 1.54) is 5.56 Å². The molecule has 0 aliphatic heterocycles. The SMILES string of the molecule is CSCCC(C(=O)NC(C)(C)C)n1c(-c2ccc(C)cc2)nc2ccccc21. The van der Waals surface area contributed by atoms with E-state index >= 15 is 0 Å². The van der Waals surface area contributed by atoms with E-state index in [1.807, 2.05) is 39.0 Å². The molecule has 1 heterocycles. The fourth-order valence-corrected chi connectivity index (χ4v) is 3.79. The summed E-state index contributed by atoms with van der Waals surface area (Å²) in [6.07, 6.45) is 2.83. The first-order valence-corrected chi connectivity index (χ1v) is 11.0. The van der Waals surface area contributed by atoms with Crippen molar-refractivity contribution in [3.05, 3.63) is 54.1 Å². The molecule has 148 valence electrons. The average molecular weight is 396 g/mol. The van der Waals surface area contributed by atoms with Crippen LogP contribution in [0.3, 0.4) is 0 Å². The summed E-state index contributed by atoms with van der Waals surface area (Å²) in [5, 5.41) is 3.17. The topological polar surface area (TPSA) is 46.9 Å². The summed E-state index contributed by atoms with van der Waals surface area (Å²) in [5.41, 5.74) is 3.86. The maximum atomic E-state index is 13.3. The highest BCUT2D eigenvalue weighted by atomic mass is 32.2. The summed E-state index contributed by atoms with van der Waals surface area (Å²) in [7, 11) is 0. The minimum absolute atomic E-state index is 0.0399. The molecule has 3 rings (SSSR count). The van der Waals surface area contributed by atoms with Gasteiger partial charge in [-0.2, -0.15) is 11.8 Å². The molecule has 5 heteroatoms. The highest BCUT2D eigenvalue weighted by Gasteiger charge is 2.28. The molecular weight excluding hydrogens is 366 g/mol. The number of carbonyl (C=O) groups is 1. The Balaban J connectivity index is 2.17. The minimum atomic E-state index is -0.310. The number of carbonyl (C=O) groups excluding carboxylic acids is 1. The number of thioether (sulfide) groups is 1. The zero-order valence-electron chi connectivity index (χ0n) is 17.3. The van der Waals surface area contributed by atoms with E-state index in [-0.39, 0.29) is 17.5 Å². The van der Waals surface area contributed by atoms with Crippen LogP contribution in [0.4, 0.5) is 0 Å². The van der Waals surface area contributed by atoms with Crippen molar-refractivity contribution in [1.29, 1.82) is 0 Å². The molecule has 0 saturated heterocycles. The van der Waals surface area contributed by atoms with Gasteiger partial charge in [0.05, 0.1) is 11.0 Å². The molecule has 4 nitrogen and oxygen atoms in total. The number of benzene rings is 2. The van der Waals surface area contributed by atoms with Gasteiger partial charge in [-0.25, -0.2) is 4.98 Å². The van der Waals surface area contributed by atoms with E-state index in [2.05, 4.69) is 53.4 Å². The van der Waals surface area contributed by atoms with E-state index in [1.54, 1.807) is 11.8 Å². The summed E-state index contributed by atoms with van der Waals surface area (Å²) < 4.78 is 2.12. The molecule has 1 atom stereocenters. The van der Waals surface area contributed by atoms with E-state index in [0.29, 0.717) is 0 Å². The second-order valence-corrected chi connectivity index (χ2v) is 9.18. The van der Waals surface area contributed by atoms with Gasteiger partial charge in [0, 0.05) is 11.1 Å². The number of amides is 1. The van der Waals surface area contributed by atoms with Crippen molar-refractivity contribution in [2.45, 2.75) is 45.7 Å². The molecule has 0 spiro atoms. The monoisotopic (exact) mass is 395 g/mol. The van der Waals surface area contributed by atoms with E-state index in [0.717, 1.165) is 34.6 Å². The van der Waals surface area contributed by atoms with Gasteiger partial charge in [-0.1, -0.05) is 42.0 Å². The maximum absolute atomic E-state index is 13.3. The minimum Gasteiger partial charge on any atom is -0.350 e. The molecule has 1 amide bonds. The highest BCUT2D eigenvalue weighted by molar-refractivity contribution is 7.98. The quantitative estimate of drug-likeness (QED) is 0.622. The Kier molecular flexibility index (Phi) is 6.14. The normalized spacial score (nSPS) is 12.9. The van der Waals surface area contributed by atoms with Crippen LogP contribution in [0, 0.1) is 6.92 Å². The zero-order valence-corrected chi connectivity index (χ0v) is 18.1. The number of para-hydroxylation sites is 2. The molecule has 0 radical (unpaired) electrons. The predicted molar refractivity (Wildman–Crippen MR) is 120 cm³/mol. The van der Waals surface area contributed by atoms with Gasteiger partial charge in [-0.05, 0) is 58.3 Å². The van der Waals surface area contributed by atoms with Crippen LogP contribution in [0.1, 0.15) is 38.8 Å². The first kappa shape index (κ1) is 20.5. The van der Waals surface area contributed by atoms with Crippen LogP contribution in [0.15, 0.2) is 48.5 Å². The molecule has 2 aromatic carbocycles. The zero-order chi connectivity index (χ0) is 20.3. The van der Waals surface area contributed by atoms with Gasteiger partial charge < -0.3 is 9.88 Å².